The van der Waals surface area contributed by atoms with Gasteiger partial charge in [-0.15, -0.1) is 21.5 Å². The number of thiophene rings is 1. The first-order valence-corrected chi connectivity index (χ1v) is 10.8. The van der Waals surface area contributed by atoms with Crippen molar-refractivity contribution >= 4 is 28.1 Å². The maximum atomic E-state index is 13.4. The molecule has 0 unspecified atom stereocenters. The highest BCUT2D eigenvalue weighted by Gasteiger charge is 2.32. The second-order valence-corrected chi connectivity index (χ2v) is 8.40. The predicted octanol–water partition coefficient (Wildman–Crippen LogP) is 3.21. The number of aryl methyl sites for hydroxylation is 1. The molecular weight excluding hydrogens is 400 g/mol. The van der Waals surface area contributed by atoms with E-state index in [2.05, 4.69) is 15.4 Å². The van der Waals surface area contributed by atoms with Gasteiger partial charge in [-0.1, -0.05) is 6.07 Å². The van der Waals surface area contributed by atoms with Crippen molar-refractivity contribution in [1.82, 2.24) is 29.7 Å². The van der Waals surface area contributed by atoms with Crippen LogP contribution in [0.2, 0.25) is 0 Å². The molecule has 0 saturated carbocycles. The molecule has 0 radical (unpaired) electrons. The number of tetrazole rings is 1. The van der Waals surface area contributed by atoms with E-state index in [0.29, 0.717) is 18.1 Å². The summed E-state index contributed by atoms with van der Waals surface area (Å²) in [6.45, 7) is 1.28. The van der Waals surface area contributed by atoms with Crippen LogP contribution in [0.5, 0.6) is 5.75 Å². The molecule has 0 spiro atoms. The molecule has 1 atom stereocenters. The number of fused-ring (bicyclic) bond motifs is 1. The van der Waals surface area contributed by atoms with Crippen molar-refractivity contribution in [3.8, 4) is 16.5 Å². The van der Waals surface area contributed by atoms with Crippen molar-refractivity contribution in [2.45, 2.75) is 25.4 Å². The average Bonchev–Trinajstić information content (AvgIpc) is 3.55. The number of ether oxygens (including phenoxy) is 1. The van der Waals surface area contributed by atoms with Crippen molar-refractivity contribution in [2.75, 3.05) is 13.7 Å². The molecule has 8 nitrogen and oxygen atoms in total. The number of amides is 1. The van der Waals surface area contributed by atoms with Crippen molar-refractivity contribution in [3.05, 3.63) is 47.5 Å². The highest BCUT2D eigenvalue weighted by molar-refractivity contribution is 7.13. The van der Waals surface area contributed by atoms with Crippen molar-refractivity contribution < 1.29 is 9.53 Å². The number of rotatable bonds is 5. The molecule has 1 fully saturated rings. The third kappa shape index (κ3) is 3.24. The normalized spacial score (nSPS) is 16.5. The van der Waals surface area contributed by atoms with Gasteiger partial charge in [0.15, 0.2) is 0 Å². The lowest BCUT2D eigenvalue weighted by Gasteiger charge is -2.24. The lowest BCUT2D eigenvalue weighted by atomic mass is 10.2. The lowest BCUT2D eigenvalue weighted by Crippen LogP contribution is -2.39. The molecule has 1 aliphatic heterocycles. The van der Waals surface area contributed by atoms with Crippen LogP contribution < -0.4 is 4.74 Å². The SMILES string of the molecule is COc1ccc2c(c1)cc(C(=O)N1CCC[C@H]1Cn1nnc(-c3cccs3)n1)n2C. The highest BCUT2D eigenvalue weighted by Crippen LogP contribution is 2.27. The first-order valence-electron chi connectivity index (χ1n) is 9.90. The Morgan fingerprint density at radius 1 is 1.30 bits per heavy atom. The number of methoxy groups -OCH3 is 1. The predicted molar refractivity (Wildman–Crippen MR) is 115 cm³/mol. The summed E-state index contributed by atoms with van der Waals surface area (Å²) in [5, 5.41) is 15.8. The zero-order chi connectivity index (χ0) is 20.7. The van der Waals surface area contributed by atoms with Gasteiger partial charge in [-0.25, -0.2) is 0 Å². The van der Waals surface area contributed by atoms with Gasteiger partial charge in [0.1, 0.15) is 11.4 Å². The zero-order valence-corrected chi connectivity index (χ0v) is 17.7. The Morgan fingerprint density at radius 2 is 2.20 bits per heavy atom. The Balaban J connectivity index is 1.38. The third-order valence-electron chi connectivity index (χ3n) is 5.68. The molecule has 1 saturated heterocycles. The van der Waals surface area contributed by atoms with Crippen molar-refractivity contribution in [1.29, 1.82) is 0 Å². The fourth-order valence-corrected chi connectivity index (χ4v) is 4.76. The van der Waals surface area contributed by atoms with E-state index in [1.54, 1.807) is 23.2 Å². The number of hydrogen-bond acceptors (Lipinski definition) is 6. The van der Waals surface area contributed by atoms with Crippen LogP contribution in [0.25, 0.3) is 21.6 Å². The minimum atomic E-state index is 0.0359. The minimum absolute atomic E-state index is 0.0359. The number of carbonyl (C=O) groups excluding carboxylic acids is 1. The molecule has 0 bridgehead atoms. The first kappa shape index (κ1) is 18.8. The van der Waals surface area contributed by atoms with Gasteiger partial charge in [0.2, 0.25) is 5.82 Å². The van der Waals surface area contributed by atoms with Gasteiger partial charge in [0, 0.05) is 24.5 Å². The molecule has 3 aromatic heterocycles. The smallest absolute Gasteiger partial charge is 0.270 e. The second-order valence-electron chi connectivity index (χ2n) is 7.45. The van der Waals surface area contributed by atoms with Crippen LogP contribution in [-0.4, -0.2) is 55.3 Å². The van der Waals surface area contributed by atoms with Gasteiger partial charge in [0.05, 0.1) is 24.6 Å². The van der Waals surface area contributed by atoms with E-state index in [1.807, 2.05) is 58.3 Å². The summed E-state index contributed by atoms with van der Waals surface area (Å²) in [5.41, 5.74) is 1.68. The van der Waals surface area contributed by atoms with Gasteiger partial charge >= 0.3 is 0 Å². The molecule has 4 aromatic rings. The summed E-state index contributed by atoms with van der Waals surface area (Å²) in [5.74, 6) is 1.45. The molecule has 30 heavy (non-hydrogen) atoms. The van der Waals surface area contributed by atoms with E-state index < -0.39 is 0 Å². The Hall–Kier alpha value is -3.20. The van der Waals surface area contributed by atoms with Crippen LogP contribution in [0, 0.1) is 0 Å². The molecule has 0 N–H and O–H groups in total. The largest absolute Gasteiger partial charge is 0.497 e. The zero-order valence-electron chi connectivity index (χ0n) is 16.9. The standard InChI is InChI=1S/C21H22N6O2S/c1-25-17-8-7-16(29-2)11-14(17)12-18(25)21(28)26-9-3-5-15(26)13-27-23-20(22-24-27)19-6-4-10-30-19/h4,6-8,10-12,15H,3,5,9,13H2,1-2H3/t15-/m0/s1. The van der Waals surface area contributed by atoms with Crippen molar-refractivity contribution in [2.24, 2.45) is 7.05 Å². The van der Waals surface area contributed by atoms with Gasteiger partial charge in [0.25, 0.3) is 5.91 Å². The van der Waals surface area contributed by atoms with Crippen LogP contribution in [0.1, 0.15) is 23.3 Å². The monoisotopic (exact) mass is 422 g/mol. The van der Waals surface area contributed by atoms with E-state index in [1.165, 1.54) is 0 Å². The summed E-state index contributed by atoms with van der Waals surface area (Å²) in [6.07, 6.45) is 1.90. The molecule has 5 rings (SSSR count). The first-order chi connectivity index (χ1) is 14.6. The molecule has 1 aliphatic rings. The van der Waals surface area contributed by atoms with E-state index in [-0.39, 0.29) is 11.9 Å². The molecule has 1 aromatic carbocycles. The Labute approximate surface area is 177 Å². The molecule has 0 aliphatic carbocycles. The van der Waals surface area contributed by atoms with Crippen LogP contribution in [0.3, 0.4) is 0 Å². The number of hydrogen-bond donors (Lipinski definition) is 0. The van der Waals surface area contributed by atoms with Gasteiger partial charge in [-0.3, -0.25) is 4.79 Å². The minimum Gasteiger partial charge on any atom is -0.497 e. The molecule has 4 heterocycles. The average molecular weight is 423 g/mol. The number of carbonyl (C=O) groups is 1. The van der Waals surface area contributed by atoms with Crippen molar-refractivity contribution in [3.63, 3.8) is 0 Å². The van der Waals surface area contributed by atoms with E-state index >= 15 is 0 Å². The van der Waals surface area contributed by atoms with E-state index in [0.717, 1.165) is 40.9 Å². The number of aromatic nitrogens is 5. The lowest BCUT2D eigenvalue weighted by molar-refractivity contribution is 0.0708. The van der Waals surface area contributed by atoms with Crippen LogP contribution in [-0.2, 0) is 13.6 Å². The maximum absolute atomic E-state index is 13.4. The summed E-state index contributed by atoms with van der Waals surface area (Å²) >= 11 is 1.59. The Morgan fingerprint density at radius 3 is 3.00 bits per heavy atom. The Bertz CT molecular complexity index is 1200. The summed E-state index contributed by atoms with van der Waals surface area (Å²) < 4.78 is 7.27. The quantitative estimate of drug-likeness (QED) is 0.494. The van der Waals surface area contributed by atoms with Gasteiger partial charge < -0.3 is 14.2 Å². The van der Waals surface area contributed by atoms with E-state index in [4.69, 9.17) is 4.74 Å². The summed E-state index contributed by atoms with van der Waals surface area (Å²) in [6, 6.07) is 11.8. The molecular formula is C21H22N6O2S. The maximum Gasteiger partial charge on any atom is 0.270 e. The highest BCUT2D eigenvalue weighted by atomic mass is 32.1. The summed E-state index contributed by atoms with van der Waals surface area (Å²) in [4.78, 5) is 17.9. The topological polar surface area (TPSA) is 78.1 Å². The second kappa shape index (κ2) is 7.56. The van der Waals surface area contributed by atoms with Crippen LogP contribution >= 0.6 is 11.3 Å². The van der Waals surface area contributed by atoms with Crippen LogP contribution in [0.15, 0.2) is 41.8 Å². The third-order valence-corrected chi connectivity index (χ3v) is 6.54. The Kier molecular flexibility index (Phi) is 4.74. The number of nitrogens with zero attached hydrogens (tertiary/aromatic N) is 6. The fourth-order valence-electron chi connectivity index (χ4n) is 4.11. The fraction of sp³-hybridized carbons (Fsp3) is 0.333. The molecule has 9 heteroatoms. The molecule has 154 valence electrons. The van der Waals surface area contributed by atoms with Gasteiger partial charge in [-0.2, -0.15) is 4.80 Å². The molecule has 1 amide bonds. The van der Waals surface area contributed by atoms with Crippen LogP contribution in [0.4, 0.5) is 0 Å². The van der Waals surface area contributed by atoms with Gasteiger partial charge in [-0.05, 0) is 53.8 Å². The number of likely N-dealkylation sites (tertiary alicyclic amines) is 1. The van der Waals surface area contributed by atoms with E-state index in [9.17, 15) is 4.79 Å². The number of benzene rings is 1. The summed E-state index contributed by atoms with van der Waals surface area (Å²) in [7, 11) is 3.58.